The van der Waals surface area contributed by atoms with Gasteiger partial charge < -0.3 is 21.1 Å². The number of hydrogen-bond donors (Lipinski definition) is 5. The molecule has 0 aliphatic rings. The van der Waals surface area contributed by atoms with E-state index in [1.54, 1.807) is 66.7 Å². The Kier molecular flexibility index (Phi) is 8.99. The van der Waals surface area contributed by atoms with E-state index in [0.29, 0.717) is 40.9 Å². The van der Waals surface area contributed by atoms with Crippen molar-refractivity contribution in [3.05, 3.63) is 78.4 Å². The van der Waals surface area contributed by atoms with Crippen LogP contribution >= 0.6 is 0 Å². The molecule has 0 bridgehead atoms. The molecule has 1 atom stereocenters. The molecule has 0 saturated heterocycles. The third-order valence-electron chi connectivity index (χ3n) is 5.59. The number of nitrogen functional groups attached to an aromatic ring is 1. The number of esters is 1. The lowest BCUT2D eigenvalue weighted by Gasteiger charge is -2.20. The van der Waals surface area contributed by atoms with Gasteiger partial charge in [0, 0.05) is 28.9 Å². The van der Waals surface area contributed by atoms with Crippen molar-refractivity contribution >= 4 is 39.1 Å². The van der Waals surface area contributed by atoms with Crippen LogP contribution in [0, 0.1) is 5.41 Å². The van der Waals surface area contributed by atoms with Gasteiger partial charge in [-0.05, 0) is 48.7 Å². The topological polar surface area (TPSA) is 177 Å². The van der Waals surface area contributed by atoms with Crippen molar-refractivity contribution in [2.75, 3.05) is 17.7 Å². The number of hydrogen-bond acceptors (Lipinski definition) is 7. The summed E-state index contributed by atoms with van der Waals surface area (Å²) in [6.45, 7) is 0. The molecule has 3 rings (SSSR count). The third-order valence-corrected chi connectivity index (χ3v) is 6.56. The Bertz CT molecular complexity index is 1390. The summed E-state index contributed by atoms with van der Waals surface area (Å²) in [6, 6.07) is 19.2. The summed E-state index contributed by atoms with van der Waals surface area (Å²) < 4.78 is 28.6. The molecule has 11 heteroatoms. The quantitative estimate of drug-likeness (QED) is 0.146. The van der Waals surface area contributed by atoms with E-state index in [9.17, 15) is 18.0 Å². The Labute approximate surface area is 215 Å². The van der Waals surface area contributed by atoms with Crippen molar-refractivity contribution in [3.63, 3.8) is 0 Å². The van der Waals surface area contributed by atoms with Crippen LogP contribution < -0.4 is 21.5 Å². The Morgan fingerprint density at radius 2 is 1.70 bits per heavy atom. The van der Waals surface area contributed by atoms with Crippen LogP contribution in [-0.4, -0.2) is 39.3 Å². The van der Waals surface area contributed by atoms with Crippen LogP contribution in [0.5, 0.6) is 0 Å². The minimum Gasteiger partial charge on any atom is -0.469 e. The van der Waals surface area contributed by atoms with Crippen LogP contribution in [0.25, 0.3) is 11.1 Å². The van der Waals surface area contributed by atoms with Gasteiger partial charge in [-0.25, -0.2) is 13.6 Å². The number of ether oxygens (including phenoxy) is 1. The highest BCUT2D eigenvalue weighted by Crippen LogP contribution is 2.27. The van der Waals surface area contributed by atoms with Crippen molar-refractivity contribution in [2.24, 2.45) is 10.9 Å². The number of methoxy groups -OCH3 is 1. The number of amidine groups is 1. The Morgan fingerprint density at radius 3 is 2.35 bits per heavy atom. The van der Waals surface area contributed by atoms with Crippen molar-refractivity contribution in [3.8, 4) is 11.1 Å². The van der Waals surface area contributed by atoms with Gasteiger partial charge in [-0.3, -0.25) is 15.0 Å². The largest absolute Gasteiger partial charge is 0.469 e. The second-order valence-corrected chi connectivity index (χ2v) is 9.80. The predicted octanol–water partition coefficient (Wildman–Crippen LogP) is 3.05. The van der Waals surface area contributed by atoms with E-state index >= 15 is 0 Å². The Morgan fingerprint density at radius 1 is 1.00 bits per heavy atom. The van der Waals surface area contributed by atoms with Crippen LogP contribution in [0.3, 0.4) is 0 Å². The molecule has 3 aromatic rings. The molecule has 0 aromatic heterocycles. The molecule has 0 spiro atoms. The summed E-state index contributed by atoms with van der Waals surface area (Å²) in [4.78, 5) is 24.7. The number of amides is 1. The first-order chi connectivity index (χ1) is 17.6. The number of benzene rings is 3. The highest BCUT2D eigenvalue weighted by atomic mass is 32.2. The fourth-order valence-corrected chi connectivity index (χ4v) is 4.48. The van der Waals surface area contributed by atoms with E-state index in [4.69, 9.17) is 16.3 Å². The molecule has 0 aliphatic carbocycles. The number of sulfonamides is 1. The molecule has 3 aromatic carbocycles. The zero-order valence-corrected chi connectivity index (χ0v) is 21.0. The molecule has 37 heavy (non-hydrogen) atoms. The second kappa shape index (κ2) is 12.2. The number of anilines is 2. The smallest absolute Gasteiger partial charge is 0.305 e. The average Bonchev–Trinajstić information content (AvgIpc) is 2.88. The highest BCUT2D eigenvalue weighted by Gasteiger charge is 2.20. The fraction of sp³-hybridized carbons (Fsp3) is 0.192. The van der Waals surface area contributed by atoms with E-state index in [-0.39, 0.29) is 29.0 Å². The van der Waals surface area contributed by atoms with Gasteiger partial charge in [-0.15, -0.1) is 0 Å². The van der Waals surface area contributed by atoms with Gasteiger partial charge in [-0.2, -0.15) is 0 Å². The first kappa shape index (κ1) is 27.4. The van der Waals surface area contributed by atoms with Gasteiger partial charge >= 0.3 is 5.97 Å². The van der Waals surface area contributed by atoms with Crippen LogP contribution in [0.1, 0.15) is 24.8 Å². The lowest BCUT2D eigenvalue weighted by Crippen LogP contribution is -2.35. The Hall–Kier alpha value is -4.22. The molecule has 194 valence electrons. The summed E-state index contributed by atoms with van der Waals surface area (Å²) in [5.41, 5.74) is 8.26. The SMILES string of the molecule is COC(=O)CCC[C@H](Nc1cccc(C(=N)N)c1)C(=O)Nc1ccc(-c2ccccc2S(N)(=O)=O)cc1. The minimum atomic E-state index is -3.91. The summed E-state index contributed by atoms with van der Waals surface area (Å²) in [5, 5.41) is 19.0. The molecule has 7 N–H and O–H groups in total. The predicted molar refractivity (Wildman–Crippen MR) is 143 cm³/mol. The monoisotopic (exact) mass is 523 g/mol. The van der Waals surface area contributed by atoms with Crippen molar-refractivity contribution in [2.45, 2.75) is 30.2 Å². The number of nitrogens with two attached hydrogens (primary N) is 2. The second-order valence-electron chi connectivity index (χ2n) is 8.27. The van der Waals surface area contributed by atoms with Crippen LogP contribution in [0.2, 0.25) is 0 Å². The van der Waals surface area contributed by atoms with Crippen LogP contribution in [-0.2, 0) is 24.3 Å². The molecule has 1 amide bonds. The molecule has 0 heterocycles. The molecule has 0 unspecified atom stereocenters. The number of primary sulfonamides is 1. The van der Waals surface area contributed by atoms with E-state index in [1.807, 2.05) is 0 Å². The lowest BCUT2D eigenvalue weighted by atomic mass is 10.0. The number of nitrogens with one attached hydrogen (secondary N) is 3. The summed E-state index contributed by atoms with van der Waals surface area (Å²) in [7, 11) is -2.60. The van der Waals surface area contributed by atoms with Crippen LogP contribution in [0.15, 0.2) is 77.7 Å². The molecular weight excluding hydrogens is 494 g/mol. The molecular formula is C26H29N5O5S. The zero-order valence-electron chi connectivity index (χ0n) is 20.2. The van der Waals surface area contributed by atoms with E-state index in [0.717, 1.165) is 0 Å². The van der Waals surface area contributed by atoms with Gasteiger partial charge in [0.1, 0.15) is 11.9 Å². The molecule has 10 nitrogen and oxygen atoms in total. The molecule has 0 aliphatic heterocycles. The maximum Gasteiger partial charge on any atom is 0.305 e. The zero-order chi connectivity index (χ0) is 27.0. The lowest BCUT2D eigenvalue weighted by molar-refractivity contribution is -0.140. The number of carbonyl (C=O) groups is 2. The van der Waals surface area contributed by atoms with Crippen molar-refractivity contribution in [1.82, 2.24) is 0 Å². The van der Waals surface area contributed by atoms with Gasteiger partial charge in [0.25, 0.3) is 0 Å². The average molecular weight is 524 g/mol. The summed E-state index contributed by atoms with van der Waals surface area (Å²) in [6.07, 6.45) is 0.909. The molecule has 0 saturated carbocycles. The maximum absolute atomic E-state index is 13.2. The first-order valence-corrected chi connectivity index (χ1v) is 12.9. The van der Waals surface area contributed by atoms with Gasteiger partial charge in [0.05, 0.1) is 12.0 Å². The van der Waals surface area contributed by atoms with Crippen molar-refractivity contribution in [1.29, 1.82) is 5.41 Å². The normalized spacial score (nSPS) is 11.8. The number of rotatable bonds is 11. The standard InChI is InChI=1S/C26H29N5O5S/c1-36-24(32)11-5-9-22(30-20-7-4-6-18(16-20)25(27)28)26(33)31-19-14-12-17(13-15-19)21-8-2-3-10-23(21)37(29,34)35/h2-4,6-8,10,12-16,22,30H,5,9,11H2,1H3,(H3,27,28)(H,31,33)(H2,29,34,35)/t22-/m0/s1. The molecule has 0 radical (unpaired) electrons. The maximum atomic E-state index is 13.2. The Balaban J connectivity index is 1.78. The van der Waals surface area contributed by atoms with Crippen LogP contribution in [0.4, 0.5) is 11.4 Å². The number of carbonyl (C=O) groups excluding carboxylic acids is 2. The third kappa shape index (κ3) is 7.63. The van der Waals surface area contributed by atoms with E-state index in [2.05, 4.69) is 15.4 Å². The summed E-state index contributed by atoms with van der Waals surface area (Å²) >= 11 is 0. The minimum absolute atomic E-state index is 0.00875. The highest BCUT2D eigenvalue weighted by molar-refractivity contribution is 7.89. The fourth-order valence-electron chi connectivity index (χ4n) is 3.71. The van der Waals surface area contributed by atoms with E-state index < -0.39 is 16.1 Å². The van der Waals surface area contributed by atoms with Gasteiger partial charge in [0.15, 0.2) is 0 Å². The molecule has 0 fully saturated rings. The van der Waals surface area contributed by atoms with Gasteiger partial charge in [0.2, 0.25) is 15.9 Å². The van der Waals surface area contributed by atoms with Gasteiger partial charge in [-0.1, -0.05) is 42.5 Å². The summed E-state index contributed by atoms with van der Waals surface area (Å²) in [5.74, 6) is -0.802. The van der Waals surface area contributed by atoms with E-state index in [1.165, 1.54) is 13.2 Å². The first-order valence-electron chi connectivity index (χ1n) is 11.4. The van der Waals surface area contributed by atoms with Crippen molar-refractivity contribution < 1.29 is 22.7 Å².